The Morgan fingerprint density at radius 3 is 2.18 bits per heavy atom. The van der Waals surface area contributed by atoms with Crippen molar-refractivity contribution in [2.45, 2.75) is 6.92 Å². The summed E-state index contributed by atoms with van der Waals surface area (Å²) in [5.41, 5.74) is 1.20. The Morgan fingerprint density at radius 1 is 0.882 bits per heavy atom. The van der Waals surface area contributed by atoms with Gasteiger partial charge < -0.3 is 23.4 Å². The highest BCUT2D eigenvalue weighted by atomic mass is 35.5. The molecule has 1 aromatic heterocycles. The van der Waals surface area contributed by atoms with Crippen LogP contribution >= 0.6 is 11.6 Å². The van der Waals surface area contributed by atoms with Gasteiger partial charge in [0.1, 0.15) is 5.58 Å². The van der Waals surface area contributed by atoms with Crippen molar-refractivity contribution in [3.05, 3.63) is 81.0 Å². The first-order chi connectivity index (χ1) is 16.4. The van der Waals surface area contributed by atoms with Crippen molar-refractivity contribution in [1.29, 1.82) is 0 Å². The fourth-order valence-corrected chi connectivity index (χ4v) is 3.78. The van der Waals surface area contributed by atoms with E-state index in [2.05, 4.69) is 0 Å². The number of carbonyl (C=O) groups excluding carboxylic acids is 1. The van der Waals surface area contributed by atoms with Crippen LogP contribution in [0.4, 0.5) is 0 Å². The van der Waals surface area contributed by atoms with Gasteiger partial charge in [-0.1, -0.05) is 35.4 Å². The van der Waals surface area contributed by atoms with Crippen molar-refractivity contribution in [1.82, 2.24) is 0 Å². The first-order valence-electron chi connectivity index (χ1n) is 10.2. The summed E-state index contributed by atoms with van der Waals surface area (Å²) in [6, 6.07) is 14.9. The van der Waals surface area contributed by atoms with Crippen LogP contribution in [0.3, 0.4) is 0 Å². The molecule has 0 aliphatic heterocycles. The third kappa shape index (κ3) is 4.18. The Bertz CT molecular complexity index is 1430. The van der Waals surface area contributed by atoms with Gasteiger partial charge in [-0.25, -0.2) is 4.79 Å². The maximum Gasteiger partial charge on any atom is 0.344 e. The highest BCUT2D eigenvalue weighted by Gasteiger charge is 2.24. The predicted molar refractivity (Wildman–Crippen MR) is 129 cm³/mol. The number of esters is 1. The van der Waals surface area contributed by atoms with Crippen molar-refractivity contribution in [2.75, 3.05) is 21.3 Å². The summed E-state index contributed by atoms with van der Waals surface area (Å²) in [7, 11) is 4.32. The molecule has 0 radical (unpaired) electrons. The third-order valence-corrected chi connectivity index (χ3v) is 5.55. The highest BCUT2D eigenvalue weighted by Crippen LogP contribution is 2.39. The number of rotatable bonds is 6. The SMILES string of the molecule is COc1cc(C(=O)Oc2c(-c3ccccc3Cl)oc3ccc(C)cc3c2=O)cc(OC)c1OC. The van der Waals surface area contributed by atoms with E-state index < -0.39 is 11.4 Å². The second-order valence-corrected chi connectivity index (χ2v) is 7.78. The summed E-state index contributed by atoms with van der Waals surface area (Å²) in [5, 5.41) is 0.616. The smallest absolute Gasteiger partial charge is 0.344 e. The second-order valence-electron chi connectivity index (χ2n) is 7.37. The molecule has 34 heavy (non-hydrogen) atoms. The number of hydrogen-bond acceptors (Lipinski definition) is 7. The molecular formula is C26H21ClO7. The van der Waals surface area contributed by atoms with Crippen LogP contribution in [0.2, 0.25) is 5.02 Å². The summed E-state index contributed by atoms with van der Waals surface area (Å²) in [5.74, 6) is -0.189. The lowest BCUT2D eigenvalue weighted by Crippen LogP contribution is -2.17. The van der Waals surface area contributed by atoms with E-state index in [4.69, 9.17) is 35.0 Å². The first kappa shape index (κ1) is 23.2. The van der Waals surface area contributed by atoms with Crippen molar-refractivity contribution in [3.63, 3.8) is 0 Å². The lowest BCUT2D eigenvalue weighted by Gasteiger charge is -2.15. The fraction of sp³-hybridized carbons (Fsp3) is 0.154. The molecule has 0 spiro atoms. The molecule has 1 heterocycles. The van der Waals surface area contributed by atoms with Gasteiger partial charge in [-0.15, -0.1) is 0 Å². The van der Waals surface area contributed by atoms with Gasteiger partial charge in [-0.2, -0.15) is 0 Å². The molecule has 4 aromatic rings. The van der Waals surface area contributed by atoms with Crippen molar-refractivity contribution in [2.24, 2.45) is 0 Å². The molecule has 0 bridgehead atoms. The summed E-state index contributed by atoms with van der Waals surface area (Å²) < 4.78 is 27.6. The van der Waals surface area contributed by atoms with E-state index in [1.54, 1.807) is 36.4 Å². The van der Waals surface area contributed by atoms with Crippen LogP contribution in [-0.4, -0.2) is 27.3 Å². The molecule has 7 nitrogen and oxygen atoms in total. The van der Waals surface area contributed by atoms with E-state index in [0.29, 0.717) is 21.9 Å². The molecule has 8 heteroatoms. The first-order valence-corrected chi connectivity index (χ1v) is 10.6. The summed E-state index contributed by atoms with van der Waals surface area (Å²) >= 11 is 6.38. The standard InChI is InChI=1S/C26H21ClO7/c1-14-9-10-19-17(11-14)22(28)25(23(33-19)16-7-5-6-8-18(16)27)34-26(29)15-12-20(30-2)24(32-4)21(13-15)31-3/h5-13H,1-4H3. The van der Waals surface area contributed by atoms with Gasteiger partial charge in [0.2, 0.25) is 16.9 Å². The molecule has 0 aliphatic rings. The van der Waals surface area contributed by atoms with Crippen molar-refractivity contribution in [3.8, 4) is 34.3 Å². The lowest BCUT2D eigenvalue weighted by molar-refractivity contribution is 0.0730. The van der Waals surface area contributed by atoms with E-state index in [1.165, 1.54) is 33.5 Å². The van der Waals surface area contributed by atoms with Gasteiger partial charge in [-0.3, -0.25) is 4.79 Å². The fourth-order valence-electron chi connectivity index (χ4n) is 3.56. The second kappa shape index (κ2) is 9.49. The number of ether oxygens (including phenoxy) is 4. The van der Waals surface area contributed by atoms with Crippen LogP contribution in [-0.2, 0) is 0 Å². The zero-order valence-electron chi connectivity index (χ0n) is 18.9. The molecule has 0 N–H and O–H groups in total. The molecular weight excluding hydrogens is 460 g/mol. The number of methoxy groups -OCH3 is 3. The normalized spacial score (nSPS) is 10.7. The third-order valence-electron chi connectivity index (χ3n) is 5.22. The summed E-state index contributed by atoms with van der Waals surface area (Å²) in [4.78, 5) is 26.6. The Kier molecular flexibility index (Phi) is 6.47. The molecule has 0 unspecified atom stereocenters. The topological polar surface area (TPSA) is 84.2 Å². The Hall–Kier alpha value is -3.97. The zero-order valence-corrected chi connectivity index (χ0v) is 19.7. The van der Waals surface area contributed by atoms with Crippen LogP contribution in [0.1, 0.15) is 15.9 Å². The molecule has 4 rings (SSSR count). The average molecular weight is 481 g/mol. The number of fused-ring (bicyclic) bond motifs is 1. The van der Waals surface area contributed by atoms with E-state index >= 15 is 0 Å². The molecule has 0 amide bonds. The minimum absolute atomic E-state index is 0.0488. The van der Waals surface area contributed by atoms with Gasteiger partial charge in [0.15, 0.2) is 17.3 Å². The summed E-state index contributed by atoms with van der Waals surface area (Å²) in [6.07, 6.45) is 0. The van der Waals surface area contributed by atoms with Crippen molar-refractivity contribution < 1.29 is 28.2 Å². The average Bonchev–Trinajstić information content (AvgIpc) is 2.85. The number of carbonyl (C=O) groups is 1. The maximum atomic E-state index is 13.4. The van der Waals surface area contributed by atoms with Crippen LogP contribution in [0.15, 0.2) is 63.8 Å². The quantitative estimate of drug-likeness (QED) is 0.329. The summed E-state index contributed by atoms with van der Waals surface area (Å²) in [6.45, 7) is 1.85. The van der Waals surface area contributed by atoms with Crippen LogP contribution in [0.25, 0.3) is 22.3 Å². The number of halogens is 1. The minimum atomic E-state index is -0.813. The molecule has 0 fully saturated rings. The molecule has 0 aliphatic carbocycles. The van der Waals surface area contributed by atoms with E-state index in [-0.39, 0.29) is 34.0 Å². The van der Waals surface area contributed by atoms with Gasteiger partial charge in [-0.05, 0) is 43.3 Å². The Labute approximate surface area is 200 Å². The van der Waals surface area contributed by atoms with E-state index in [9.17, 15) is 9.59 Å². The van der Waals surface area contributed by atoms with Gasteiger partial charge in [0.05, 0.1) is 37.3 Å². The minimum Gasteiger partial charge on any atom is -0.493 e. The largest absolute Gasteiger partial charge is 0.493 e. The number of hydrogen-bond donors (Lipinski definition) is 0. The number of aryl methyl sites for hydroxylation is 1. The molecule has 0 saturated carbocycles. The van der Waals surface area contributed by atoms with Crippen LogP contribution in [0.5, 0.6) is 23.0 Å². The predicted octanol–water partition coefficient (Wildman–Crippen LogP) is 5.67. The molecule has 0 saturated heterocycles. The van der Waals surface area contributed by atoms with E-state index in [1.807, 2.05) is 13.0 Å². The lowest BCUT2D eigenvalue weighted by atomic mass is 10.1. The van der Waals surface area contributed by atoms with Gasteiger partial charge in [0.25, 0.3) is 0 Å². The molecule has 3 aromatic carbocycles. The zero-order chi connectivity index (χ0) is 24.4. The maximum absolute atomic E-state index is 13.4. The Balaban J connectivity index is 1.90. The van der Waals surface area contributed by atoms with Gasteiger partial charge >= 0.3 is 5.97 Å². The molecule has 174 valence electrons. The van der Waals surface area contributed by atoms with E-state index in [0.717, 1.165) is 5.56 Å². The van der Waals surface area contributed by atoms with Gasteiger partial charge in [0, 0.05) is 5.56 Å². The van der Waals surface area contributed by atoms with Crippen LogP contribution < -0.4 is 24.4 Å². The molecule has 0 atom stereocenters. The van der Waals surface area contributed by atoms with Crippen molar-refractivity contribution >= 4 is 28.5 Å². The number of benzene rings is 3. The highest BCUT2D eigenvalue weighted by molar-refractivity contribution is 6.33. The monoisotopic (exact) mass is 480 g/mol. The van der Waals surface area contributed by atoms with Crippen LogP contribution in [0, 0.1) is 6.92 Å². The Morgan fingerprint density at radius 2 is 1.56 bits per heavy atom.